The molecule has 0 radical (unpaired) electrons. The van der Waals surface area contributed by atoms with E-state index in [9.17, 15) is 22.8 Å². The second kappa shape index (κ2) is 15.4. The van der Waals surface area contributed by atoms with Crippen LogP contribution >= 0.6 is 0 Å². The van der Waals surface area contributed by atoms with Gasteiger partial charge in [-0.3, -0.25) is 9.78 Å². The van der Waals surface area contributed by atoms with E-state index in [1.807, 2.05) is 12.1 Å². The van der Waals surface area contributed by atoms with Gasteiger partial charge in [-0.2, -0.15) is 13.2 Å². The maximum Gasteiger partial charge on any atom is 0.421 e. The van der Waals surface area contributed by atoms with Crippen molar-refractivity contribution < 1.29 is 46.1 Å². The maximum absolute atomic E-state index is 15.9. The number of nitrogens with zero attached hydrogens (tertiary/aromatic N) is 3. The van der Waals surface area contributed by atoms with Crippen LogP contribution in [-0.4, -0.2) is 62.4 Å². The molecule has 2 aliphatic rings. The Kier molecular flexibility index (Phi) is 11.3. The number of alkyl halides is 3. The number of hydrogen-bond acceptors (Lipinski definition) is 8. The number of benzene rings is 1. The minimum absolute atomic E-state index is 0.00160. The van der Waals surface area contributed by atoms with Crippen molar-refractivity contribution in [2.24, 2.45) is 5.92 Å². The third-order valence-electron chi connectivity index (χ3n) is 8.62. The fraction of sp³-hybridized carbons (Fsp3) is 0.486. The van der Waals surface area contributed by atoms with Crippen LogP contribution in [0.5, 0.6) is 11.6 Å². The predicted octanol–water partition coefficient (Wildman–Crippen LogP) is 7.26. The van der Waals surface area contributed by atoms with Crippen LogP contribution in [0.3, 0.4) is 0 Å². The molecule has 0 unspecified atom stereocenters. The first kappa shape index (κ1) is 35.2. The molecule has 0 N–H and O–H groups in total. The number of hydrogen-bond donors (Lipinski definition) is 0. The highest BCUT2D eigenvalue weighted by Crippen LogP contribution is 2.41. The van der Waals surface area contributed by atoms with Crippen LogP contribution in [0.2, 0.25) is 0 Å². The fourth-order valence-electron chi connectivity index (χ4n) is 6.11. The SMILES string of the molecule is COCC(COC)N(C(=O)C1CCCCC1)c1cc(F)c(Oc2ncc(Cc3cccc(C4CC4)n3)cc2C(F)(F)F)cc1C(=O)OC. The Morgan fingerprint density at radius 1 is 0.979 bits per heavy atom. The molecule has 2 fully saturated rings. The van der Waals surface area contributed by atoms with E-state index in [-0.39, 0.29) is 48.3 Å². The Labute approximate surface area is 276 Å². The lowest BCUT2D eigenvalue weighted by Gasteiger charge is -2.36. The molecule has 3 aromatic rings. The number of halogens is 4. The first-order valence-corrected chi connectivity index (χ1v) is 16.0. The van der Waals surface area contributed by atoms with Gasteiger partial charge in [-0.15, -0.1) is 0 Å². The van der Waals surface area contributed by atoms with E-state index in [0.29, 0.717) is 24.5 Å². The van der Waals surface area contributed by atoms with Crippen molar-refractivity contribution in [1.29, 1.82) is 0 Å². The van der Waals surface area contributed by atoms with Gasteiger partial charge < -0.3 is 23.8 Å². The minimum atomic E-state index is -4.90. The molecule has 2 heterocycles. The number of ether oxygens (including phenoxy) is 4. The molecule has 2 saturated carbocycles. The van der Waals surface area contributed by atoms with Gasteiger partial charge in [0.2, 0.25) is 11.8 Å². The summed E-state index contributed by atoms with van der Waals surface area (Å²) in [5.41, 5.74) is 0.0892. The van der Waals surface area contributed by atoms with Gasteiger partial charge in [-0.05, 0) is 49.4 Å². The lowest BCUT2D eigenvalue weighted by molar-refractivity contribution is -0.139. The average Bonchev–Trinajstić information content (AvgIpc) is 3.92. The highest BCUT2D eigenvalue weighted by molar-refractivity contribution is 6.04. The molecule has 0 saturated heterocycles. The number of anilines is 1. The van der Waals surface area contributed by atoms with Crippen LogP contribution in [-0.2, 0) is 31.6 Å². The zero-order chi connectivity index (χ0) is 34.4. The Morgan fingerprint density at radius 3 is 2.31 bits per heavy atom. The van der Waals surface area contributed by atoms with Gasteiger partial charge >= 0.3 is 12.1 Å². The summed E-state index contributed by atoms with van der Waals surface area (Å²) < 4.78 is 79.9. The van der Waals surface area contributed by atoms with E-state index in [0.717, 1.165) is 63.1 Å². The number of rotatable bonds is 13. The number of esters is 1. The van der Waals surface area contributed by atoms with Crippen molar-refractivity contribution >= 4 is 17.6 Å². The van der Waals surface area contributed by atoms with Crippen LogP contribution in [0.15, 0.2) is 42.6 Å². The van der Waals surface area contributed by atoms with Gasteiger partial charge in [0.05, 0.1) is 37.6 Å². The Morgan fingerprint density at radius 2 is 1.69 bits per heavy atom. The zero-order valence-corrected chi connectivity index (χ0v) is 27.1. The molecular weight excluding hydrogens is 634 g/mol. The second-order valence-electron chi connectivity index (χ2n) is 12.2. The lowest BCUT2D eigenvalue weighted by atomic mass is 9.87. The van der Waals surface area contributed by atoms with Crippen molar-refractivity contribution in [1.82, 2.24) is 9.97 Å². The van der Waals surface area contributed by atoms with Gasteiger partial charge in [0.1, 0.15) is 5.56 Å². The lowest BCUT2D eigenvalue weighted by Crippen LogP contribution is -2.49. The molecule has 48 heavy (non-hydrogen) atoms. The molecule has 0 aliphatic heterocycles. The average molecular weight is 674 g/mol. The van der Waals surface area contributed by atoms with Crippen LogP contribution in [0.1, 0.15) is 83.7 Å². The number of amides is 1. The molecule has 2 aliphatic carbocycles. The fourth-order valence-corrected chi connectivity index (χ4v) is 6.11. The zero-order valence-electron chi connectivity index (χ0n) is 27.1. The van der Waals surface area contributed by atoms with E-state index in [4.69, 9.17) is 18.9 Å². The standard InChI is InChI=1S/C35H39F4N3O6/c1-45-19-25(20-46-2)42(33(43)23-8-5-4-6-9-23)30-17-28(36)31(16-26(30)34(44)47-3)48-32-27(35(37,38)39)15-21(18-40-32)14-24-10-7-11-29(41-24)22-12-13-22/h7,10-11,15-18,22-23,25H,4-6,8-9,12-14,19-20H2,1-3H3. The smallest absolute Gasteiger partial charge is 0.421 e. The molecular formula is C35H39F4N3O6. The van der Waals surface area contributed by atoms with E-state index in [1.165, 1.54) is 25.3 Å². The molecule has 0 spiro atoms. The van der Waals surface area contributed by atoms with Gasteiger partial charge in [0.15, 0.2) is 11.6 Å². The Bertz CT molecular complexity index is 1600. The first-order chi connectivity index (χ1) is 23.0. The van der Waals surface area contributed by atoms with Crippen molar-refractivity contribution in [2.45, 2.75) is 69.5 Å². The van der Waals surface area contributed by atoms with E-state index in [1.54, 1.807) is 6.07 Å². The topological polar surface area (TPSA) is 100 Å². The van der Waals surface area contributed by atoms with Gasteiger partial charge in [0, 0.05) is 62.2 Å². The van der Waals surface area contributed by atoms with Crippen molar-refractivity contribution in [3.63, 3.8) is 0 Å². The van der Waals surface area contributed by atoms with Gasteiger partial charge in [0.25, 0.3) is 0 Å². The highest BCUT2D eigenvalue weighted by Gasteiger charge is 2.38. The maximum atomic E-state index is 15.9. The van der Waals surface area contributed by atoms with Crippen LogP contribution in [0.25, 0.3) is 0 Å². The summed E-state index contributed by atoms with van der Waals surface area (Å²) >= 11 is 0. The third-order valence-corrected chi connectivity index (χ3v) is 8.62. The predicted molar refractivity (Wildman–Crippen MR) is 168 cm³/mol. The third kappa shape index (κ3) is 8.30. The summed E-state index contributed by atoms with van der Waals surface area (Å²) in [7, 11) is 3.97. The van der Waals surface area contributed by atoms with Gasteiger partial charge in [-0.1, -0.05) is 25.3 Å². The number of methoxy groups -OCH3 is 3. The summed E-state index contributed by atoms with van der Waals surface area (Å²) in [6.07, 6.45) is 2.37. The molecule has 0 bridgehead atoms. The van der Waals surface area contributed by atoms with Crippen molar-refractivity contribution in [3.05, 3.63) is 76.5 Å². The number of carbonyl (C=O) groups excluding carboxylic acids is 2. The summed E-state index contributed by atoms with van der Waals surface area (Å²) in [6.45, 7) is -0.00320. The van der Waals surface area contributed by atoms with Crippen LogP contribution in [0.4, 0.5) is 23.2 Å². The molecule has 9 nitrogen and oxygen atoms in total. The summed E-state index contributed by atoms with van der Waals surface area (Å²) in [6, 6.07) is 7.42. The monoisotopic (exact) mass is 673 g/mol. The molecule has 2 aromatic heterocycles. The molecule has 1 amide bonds. The Hall–Kier alpha value is -4.10. The van der Waals surface area contributed by atoms with Crippen LogP contribution < -0.4 is 9.64 Å². The summed E-state index contributed by atoms with van der Waals surface area (Å²) in [5, 5.41) is 0. The molecule has 5 rings (SSSR count). The molecule has 1 aromatic carbocycles. The first-order valence-electron chi connectivity index (χ1n) is 16.0. The number of aromatic nitrogens is 2. The highest BCUT2D eigenvalue weighted by atomic mass is 19.4. The molecule has 0 atom stereocenters. The van der Waals surface area contributed by atoms with E-state index in [2.05, 4.69) is 9.97 Å². The van der Waals surface area contributed by atoms with Gasteiger partial charge in [-0.25, -0.2) is 14.2 Å². The normalized spacial score (nSPS) is 15.4. The van der Waals surface area contributed by atoms with Crippen molar-refractivity contribution in [3.8, 4) is 11.6 Å². The van der Waals surface area contributed by atoms with E-state index < -0.39 is 41.2 Å². The summed E-state index contributed by atoms with van der Waals surface area (Å²) in [5.74, 6) is -4.03. The van der Waals surface area contributed by atoms with Crippen LogP contribution in [0, 0.1) is 11.7 Å². The Balaban J connectivity index is 1.52. The summed E-state index contributed by atoms with van der Waals surface area (Å²) in [4.78, 5) is 36.9. The largest absolute Gasteiger partial charge is 0.465 e. The van der Waals surface area contributed by atoms with E-state index >= 15 is 4.39 Å². The molecule has 13 heteroatoms. The quantitative estimate of drug-likeness (QED) is 0.138. The van der Waals surface area contributed by atoms with Crippen molar-refractivity contribution in [2.75, 3.05) is 39.4 Å². The minimum Gasteiger partial charge on any atom is -0.465 e. The second-order valence-corrected chi connectivity index (χ2v) is 12.2. The number of carbonyl (C=O) groups is 2. The number of pyridine rings is 2. The molecule has 258 valence electrons.